The van der Waals surface area contributed by atoms with Gasteiger partial charge in [-0.05, 0) is 48.6 Å². The van der Waals surface area contributed by atoms with E-state index in [2.05, 4.69) is 53.4 Å². The average molecular weight is 275 g/mol. The molecule has 1 aromatic carbocycles. The maximum Gasteiger partial charge on any atom is 0.0635 e. The minimum Gasteiger partial charge on any atom is -0.376 e. The molecule has 0 saturated heterocycles. The van der Waals surface area contributed by atoms with E-state index in [9.17, 15) is 0 Å². The Balaban J connectivity index is 1.84. The van der Waals surface area contributed by atoms with E-state index in [0.717, 1.165) is 5.92 Å². The molecule has 1 aliphatic rings. The second-order valence-corrected chi connectivity index (χ2v) is 6.50. The van der Waals surface area contributed by atoms with Gasteiger partial charge in [0.2, 0.25) is 0 Å². The predicted molar refractivity (Wildman–Crippen MR) is 81.6 cm³/mol. The number of rotatable bonds is 5. The first-order valence-electron chi connectivity index (χ1n) is 6.31. The second-order valence-electron chi connectivity index (χ2n) is 4.68. The molecule has 1 nitrogen and oxygen atoms in total. The predicted octanol–water partition coefficient (Wildman–Crippen LogP) is 5.03. The van der Waals surface area contributed by atoms with Gasteiger partial charge in [0, 0.05) is 15.5 Å². The Kier molecular flexibility index (Phi) is 3.62. The van der Waals surface area contributed by atoms with E-state index in [0.29, 0.717) is 6.04 Å². The zero-order valence-electron chi connectivity index (χ0n) is 10.4. The number of hydrogen-bond acceptors (Lipinski definition) is 3. The van der Waals surface area contributed by atoms with Gasteiger partial charge in [-0.25, -0.2) is 0 Å². The smallest absolute Gasteiger partial charge is 0.0635 e. The van der Waals surface area contributed by atoms with Crippen molar-refractivity contribution < 1.29 is 0 Å². The van der Waals surface area contributed by atoms with Crippen LogP contribution in [-0.2, 0) is 0 Å². The Hall–Kier alpha value is -0.930. The van der Waals surface area contributed by atoms with Crippen LogP contribution in [0.1, 0.15) is 23.8 Å². The summed E-state index contributed by atoms with van der Waals surface area (Å²) in [5.74, 6) is 0.818. The summed E-state index contributed by atoms with van der Waals surface area (Å²) in [6, 6.07) is 13.5. The van der Waals surface area contributed by atoms with Gasteiger partial charge in [0.05, 0.1) is 6.04 Å². The molecule has 0 spiro atoms. The van der Waals surface area contributed by atoms with Gasteiger partial charge in [0.1, 0.15) is 0 Å². The molecular weight excluding hydrogens is 258 g/mol. The molecular formula is C15H17NS2. The topological polar surface area (TPSA) is 12.0 Å². The quantitative estimate of drug-likeness (QED) is 0.768. The van der Waals surface area contributed by atoms with Gasteiger partial charge in [-0.1, -0.05) is 18.2 Å². The van der Waals surface area contributed by atoms with Crippen molar-refractivity contribution in [1.82, 2.24) is 0 Å². The summed E-state index contributed by atoms with van der Waals surface area (Å²) in [6.45, 7) is 0. The summed E-state index contributed by atoms with van der Waals surface area (Å²) in [4.78, 5) is 2.80. The first-order chi connectivity index (χ1) is 8.88. The lowest BCUT2D eigenvalue weighted by atomic mass is 10.1. The fourth-order valence-electron chi connectivity index (χ4n) is 2.25. The lowest BCUT2D eigenvalue weighted by Gasteiger charge is -2.20. The molecule has 2 aromatic rings. The van der Waals surface area contributed by atoms with Gasteiger partial charge in [-0.3, -0.25) is 0 Å². The lowest BCUT2D eigenvalue weighted by Crippen LogP contribution is -2.12. The molecule has 0 radical (unpaired) electrons. The molecule has 1 N–H and O–H groups in total. The van der Waals surface area contributed by atoms with Crippen LogP contribution < -0.4 is 5.32 Å². The summed E-state index contributed by atoms with van der Waals surface area (Å²) in [5.41, 5.74) is 1.27. The molecule has 0 aliphatic heterocycles. The number of anilines is 1. The summed E-state index contributed by atoms with van der Waals surface area (Å²) >= 11 is 3.67. The first kappa shape index (κ1) is 12.1. The molecule has 94 valence electrons. The molecule has 1 aromatic heterocycles. The van der Waals surface area contributed by atoms with Crippen molar-refractivity contribution in [2.45, 2.75) is 23.8 Å². The van der Waals surface area contributed by atoms with Crippen LogP contribution in [0.5, 0.6) is 0 Å². The Morgan fingerprint density at radius 1 is 1.22 bits per heavy atom. The third-order valence-electron chi connectivity index (χ3n) is 3.36. The Bertz CT molecular complexity index is 503. The van der Waals surface area contributed by atoms with E-state index in [-0.39, 0.29) is 0 Å². The van der Waals surface area contributed by atoms with Crippen molar-refractivity contribution in [2.24, 2.45) is 5.92 Å². The second kappa shape index (κ2) is 5.37. The molecule has 0 amide bonds. The van der Waals surface area contributed by atoms with Gasteiger partial charge in [0.25, 0.3) is 0 Å². The molecule has 1 fully saturated rings. The number of para-hydroxylation sites is 1. The highest BCUT2D eigenvalue weighted by atomic mass is 32.2. The molecule has 0 bridgehead atoms. The van der Waals surface area contributed by atoms with Crippen molar-refractivity contribution >= 4 is 28.8 Å². The third kappa shape index (κ3) is 2.57. The van der Waals surface area contributed by atoms with Crippen molar-refractivity contribution in [3.8, 4) is 0 Å². The highest BCUT2D eigenvalue weighted by Gasteiger charge is 2.33. The van der Waals surface area contributed by atoms with Gasteiger partial charge < -0.3 is 5.32 Å². The average Bonchev–Trinajstić information content (AvgIpc) is 3.11. The van der Waals surface area contributed by atoms with Crippen LogP contribution >= 0.6 is 23.1 Å². The monoisotopic (exact) mass is 275 g/mol. The van der Waals surface area contributed by atoms with Crippen LogP contribution in [0.2, 0.25) is 0 Å². The minimum atomic E-state index is 0.498. The Morgan fingerprint density at radius 2 is 2.06 bits per heavy atom. The SMILES string of the molecule is CSc1ccccc1NC(c1cccs1)C1CC1. The summed E-state index contributed by atoms with van der Waals surface area (Å²) < 4.78 is 0. The van der Waals surface area contributed by atoms with Crippen molar-refractivity contribution in [3.63, 3.8) is 0 Å². The number of thiophene rings is 1. The first-order valence-corrected chi connectivity index (χ1v) is 8.42. The van der Waals surface area contributed by atoms with E-state index in [1.807, 2.05) is 23.1 Å². The van der Waals surface area contributed by atoms with Crippen LogP contribution in [0.15, 0.2) is 46.7 Å². The normalized spacial score (nSPS) is 16.5. The zero-order chi connectivity index (χ0) is 12.4. The maximum absolute atomic E-state index is 3.75. The van der Waals surface area contributed by atoms with Crippen molar-refractivity contribution in [2.75, 3.05) is 11.6 Å². The van der Waals surface area contributed by atoms with E-state index >= 15 is 0 Å². The summed E-state index contributed by atoms with van der Waals surface area (Å²) in [5, 5.41) is 5.93. The van der Waals surface area contributed by atoms with E-state index in [1.165, 1.54) is 28.3 Å². The highest BCUT2D eigenvalue weighted by Crippen LogP contribution is 2.45. The summed E-state index contributed by atoms with van der Waals surface area (Å²) in [7, 11) is 0. The van der Waals surface area contributed by atoms with Crippen LogP contribution in [0, 0.1) is 5.92 Å². The van der Waals surface area contributed by atoms with E-state index in [4.69, 9.17) is 0 Å². The molecule has 3 rings (SSSR count). The fourth-order valence-corrected chi connectivity index (χ4v) is 3.68. The van der Waals surface area contributed by atoms with E-state index < -0.39 is 0 Å². The fraction of sp³-hybridized carbons (Fsp3) is 0.333. The molecule has 1 heterocycles. The van der Waals surface area contributed by atoms with Crippen LogP contribution in [0.25, 0.3) is 0 Å². The van der Waals surface area contributed by atoms with Crippen LogP contribution in [0.4, 0.5) is 5.69 Å². The third-order valence-corrected chi connectivity index (χ3v) is 5.11. The minimum absolute atomic E-state index is 0.498. The molecule has 1 atom stereocenters. The standard InChI is InChI=1S/C15H17NS2/c1-17-13-6-3-2-5-12(13)16-15(11-8-9-11)14-7-4-10-18-14/h2-7,10-11,15-16H,8-9H2,1H3. The van der Waals surface area contributed by atoms with Gasteiger partial charge in [-0.15, -0.1) is 23.1 Å². The number of benzene rings is 1. The van der Waals surface area contributed by atoms with Gasteiger partial charge in [-0.2, -0.15) is 0 Å². The molecule has 3 heteroatoms. The lowest BCUT2D eigenvalue weighted by molar-refractivity contribution is 0.689. The van der Waals surface area contributed by atoms with Crippen LogP contribution in [-0.4, -0.2) is 6.26 Å². The van der Waals surface area contributed by atoms with Crippen molar-refractivity contribution in [3.05, 3.63) is 46.7 Å². The Morgan fingerprint density at radius 3 is 2.72 bits per heavy atom. The summed E-state index contributed by atoms with van der Waals surface area (Å²) in [6.07, 6.45) is 4.85. The number of thioether (sulfide) groups is 1. The van der Waals surface area contributed by atoms with Gasteiger partial charge >= 0.3 is 0 Å². The highest BCUT2D eigenvalue weighted by molar-refractivity contribution is 7.98. The van der Waals surface area contributed by atoms with Crippen LogP contribution in [0.3, 0.4) is 0 Å². The van der Waals surface area contributed by atoms with E-state index in [1.54, 1.807) is 0 Å². The Labute approximate surface area is 117 Å². The number of hydrogen-bond donors (Lipinski definition) is 1. The zero-order valence-corrected chi connectivity index (χ0v) is 12.1. The maximum atomic E-state index is 3.75. The van der Waals surface area contributed by atoms with Crippen molar-refractivity contribution in [1.29, 1.82) is 0 Å². The number of nitrogens with one attached hydrogen (secondary N) is 1. The van der Waals surface area contributed by atoms with Gasteiger partial charge in [0.15, 0.2) is 0 Å². The molecule has 18 heavy (non-hydrogen) atoms. The molecule has 1 saturated carbocycles. The molecule has 1 unspecified atom stereocenters. The largest absolute Gasteiger partial charge is 0.376 e. The molecule has 1 aliphatic carbocycles.